The van der Waals surface area contributed by atoms with Crippen LogP contribution in [0.15, 0.2) is 18.2 Å². The van der Waals surface area contributed by atoms with Crippen molar-refractivity contribution in [2.75, 3.05) is 19.6 Å². The molecule has 1 aliphatic heterocycles. The molecule has 2 aliphatic rings. The standard InChI is InChI=1S/C19H26Cl2N2O2/c1-12(2)23-7-5-19(25,6-8-23)11-22-18(24)15-10-14(15)13-3-4-16(20)17(21)9-13/h3-4,9,12,14-15,25H,5-8,10-11H2,1-2H3,(H,22,24)/t14-,15-/m1/s1. The molecule has 2 fully saturated rings. The van der Waals surface area contributed by atoms with Gasteiger partial charge >= 0.3 is 0 Å². The van der Waals surface area contributed by atoms with E-state index in [0.29, 0.717) is 35.5 Å². The highest BCUT2D eigenvalue weighted by Gasteiger charge is 2.44. The maximum absolute atomic E-state index is 12.4. The minimum atomic E-state index is -0.783. The van der Waals surface area contributed by atoms with Gasteiger partial charge in [0.05, 0.1) is 15.6 Å². The second-order valence-corrected chi connectivity index (χ2v) is 8.51. The molecule has 1 saturated carbocycles. The zero-order valence-electron chi connectivity index (χ0n) is 14.8. The van der Waals surface area contributed by atoms with Crippen LogP contribution in [0, 0.1) is 5.92 Å². The molecule has 0 radical (unpaired) electrons. The summed E-state index contributed by atoms with van der Waals surface area (Å²) < 4.78 is 0. The summed E-state index contributed by atoms with van der Waals surface area (Å²) in [4.78, 5) is 14.8. The maximum atomic E-state index is 12.4. The lowest BCUT2D eigenvalue weighted by atomic mass is 9.90. The number of nitrogens with zero attached hydrogens (tertiary/aromatic N) is 1. The van der Waals surface area contributed by atoms with Gasteiger partial charge in [0, 0.05) is 31.6 Å². The molecule has 0 spiro atoms. The van der Waals surface area contributed by atoms with E-state index in [4.69, 9.17) is 23.2 Å². The summed E-state index contributed by atoms with van der Waals surface area (Å²) in [6.45, 7) is 6.42. The van der Waals surface area contributed by atoms with E-state index < -0.39 is 5.60 Å². The molecule has 1 heterocycles. The topological polar surface area (TPSA) is 52.6 Å². The molecule has 1 amide bonds. The number of amides is 1. The van der Waals surface area contributed by atoms with Gasteiger partial charge in [0.15, 0.2) is 0 Å². The van der Waals surface area contributed by atoms with Gasteiger partial charge in [-0.3, -0.25) is 4.79 Å². The first-order valence-electron chi connectivity index (χ1n) is 8.98. The zero-order valence-corrected chi connectivity index (χ0v) is 16.3. The SMILES string of the molecule is CC(C)N1CCC(O)(CNC(=O)[C@@H]2C[C@@H]2c2ccc(Cl)c(Cl)c2)CC1. The Morgan fingerprint density at radius 1 is 1.32 bits per heavy atom. The summed E-state index contributed by atoms with van der Waals surface area (Å²) >= 11 is 12.0. The molecule has 0 bridgehead atoms. The maximum Gasteiger partial charge on any atom is 0.223 e. The summed E-state index contributed by atoms with van der Waals surface area (Å²) in [7, 11) is 0. The quantitative estimate of drug-likeness (QED) is 0.817. The fourth-order valence-corrected chi connectivity index (χ4v) is 3.92. The van der Waals surface area contributed by atoms with E-state index in [1.54, 1.807) is 6.07 Å². The molecule has 1 aromatic rings. The van der Waals surface area contributed by atoms with Crippen LogP contribution in [-0.2, 0) is 4.79 Å². The second kappa shape index (κ2) is 7.43. The smallest absolute Gasteiger partial charge is 0.223 e. The monoisotopic (exact) mass is 384 g/mol. The van der Waals surface area contributed by atoms with E-state index in [0.717, 1.165) is 25.1 Å². The van der Waals surface area contributed by atoms with E-state index >= 15 is 0 Å². The van der Waals surface area contributed by atoms with Crippen LogP contribution in [0.5, 0.6) is 0 Å². The van der Waals surface area contributed by atoms with Crippen LogP contribution < -0.4 is 5.32 Å². The lowest BCUT2D eigenvalue weighted by molar-refractivity contribution is -0.124. The van der Waals surface area contributed by atoms with Gasteiger partial charge in [-0.25, -0.2) is 0 Å². The van der Waals surface area contributed by atoms with Crippen LogP contribution in [0.2, 0.25) is 10.0 Å². The molecule has 3 rings (SSSR count). The van der Waals surface area contributed by atoms with E-state index in [1.165, 1.54) is 0 Å². The van der Waals surface area contributed by atoms with Crippen LogP contribution in [0.25, 0.3) is 0 Å². The Morgan fingerprint density at radius 2 is 2.00 bits per heavy atom. The van der Waals surface area contributed by atoms with Crippen molar-refractivity contribution in [3.63, 3.8) is 0 Å². The molecular formula is C19H26Cl2N2O2. The predicted octanol–water partition coefficient (Wildman–Crippen LogP) is 3.45. The highest BCUT2D eigenvalue weighted by molar-refractivity contribution is 6.42. The first-order valence-corrected chi connectivity index (χ1v) is 9.74. The number of aliphatic hydroxyl groups is 1. The van der Waals surface area contributed by atoms with Gasteiger partial charge in [-0.2, -0.15) is 0 Å². The van der Waals surface area contributed by atoms with Gasteiger partial charge in [-0.1, -0.05) is 29.3 Å². The first-order chi connectivity index (χ1) is 11.8. The lowest BCUT2D eigenvalue weighted by Crippen LogP contribution is -2.52. The Bertz CT molecular complexity index is 642. The van der Waals surface area contributed by atoms with E-state index in [-0.39, 0.29) is 17.7 Å². The van der Waals surface area contributed by atoms with Crippen LogP contribution in [0.1, 0.15) is 44.6 Å². The molecule has 2 atom stereocenters. The van der Waals surface area contributed by atoms with E-state index in [9.17, 15) is 9.90 Å². The molecule has 1 aromatic carbocycles. The number of rotatable bonds is 5. The van der Waals surface area contributed by atoms with Crippen LogP contribution >= 0.6 is 23.2 Å². The largest absolute Gasteiger partial charge is 0.388 e. The summed E-state index contributed by atoms with van der Waals surface area (Å²) in [5, 5.41) is 14.7. The summed E-state index contributed by atoms with van der Waals surface area (Å²) in [6, 6.07) is 6.05. The van der Waals surface area contributed by atoms with Crippen molar-refractivity contribution in [2.24, 2.45) is 5.92 Å². The lowest BCUT2D eigenvalue weighted by Gasteiger charge is -2.40. The fourth-order valence-electron chi connectivity index (χ4n) is 3.61. The fraction of sp³-hybridized carbons (Fsp3) is 0.632. The van der Waals surface area contributed by atoms with Gasteiger partial charge in [-0.15, -0.1) is 0 Å². The highest BCUT2D eigenvalue weighted by atomic mass is 35.5. The van der Waals surface area contributed by atoms with Crippen molar-refractivity contribution >= 4 is 29.1 Å². The van der Waals surface area contributed by atoms with Crippen molar-refractivity contribution in [3.8, 4) is 0 Å². The van der Waals surface area contributed by atoms with Crippen molar-refractivity contribution in [1.29, 1.82) is 0 Å². The average Bonchev–Trinajstić information content (AvgIpc) is 3.36. The van der Waals surface area contributed by atoms with Crippen molar-refractivity contribution in [1.82, 2.24) is 10.2 Å². The van der Waals surface area contributed by atoms with Gasteiger partial charge in [0.2, 0.25) is 5.91 Å². The number of likely N-dealkylation sites (tertiary alicyclic amines) is 1. The number of piperidine rings is 1. The molecule has 1 saturated heterocycles. The number of hydrogen-bond acceptors (Lipinski definition) is 3. The number of halogens is 2. The Morgan fingerprint density at radius 3 is 2.60 bits per heavy atom. The highest BCUT2D eigenvalue weighted by Crippen LogP contribution is 2.48. The summed E-state index contributed by atoms with van der Waals surface area (Å²) in [5.74, 6) is 0.194. The molecular weight excluding hydrogens is 359 g/mol. The minimum absolute atomic E-state index is 0.0239. The third-order valence-corrected chi connectivity index (χ3v) is 6.29. The van der Waals surface area contributed by atoms with Gasteiger partial charge in [0.25, 0.3) is 0 Å². The third kappa shape index (κ3) is 4.48. The minimum Gasteiger partial charge on any atom is -0.388 e. The predicted molar refractivity (Wildman–Crippen MR) is 101 cm³/mol. The molecule has 4 nitrogen and oxygen atoms in total. The number of carbonyl (C=O) groups is 1. The van der Waals surface area contributed by atoms with Crippen molar-refractivity contribution in [3.05, 3.63) is 33.8 Å². The number of benzene rings is 1. The van der Waals surface area contributed by atoms with Crippen LogP contribution in [0.4, 0.5) is 0 Å². The molecule has 138 valence electrons. The van der Waals surface area contributed by atoms with E-state index in [1.807, 2.05) is 12.1 Å². The first kappa shape index (κ1) is 19.0. The number of nitrogens with one attached hydrogen (secondary N) is 1. The van der Waals surface area contributed by atoms with E-state index in [2.05, 4.69) is 24.1 Å². The molecule has 25 heavy (non-hydrogen) atoms. The molecule has 2 N–H and O–H groups in total. The molecule has 0 unspecified atom stereocenters. The normalized spacial score (nSPS) is 25.8. The Hall–Kier alpha value is -0.810. The van der Waals surface area contributed by atoms with Gasteiger partial charge < -0.3 is 15.3 Å². The third-order valence-electron chi connectivity index (χ3n) is 5.55. The van der Waals surface area contributed by atoms with Crippen molar-refractivity contribution < 1.29 is 9.90 Å². The van der Waals surface area contributed by atoms with Crippen LogP contribution in [-0.4, -0.2) is 47.2 Å². The summed E-state index contributed by atoms with van der Waals surface area (Å²) in [6.07, 6.45) is 2.22. The molecule has 0 aromatic heterocycles. The average molecular weight is 385 g/mol. The Balaban J connectivity index is 1.48. The van der Waals surface area contributed by atoms with Crippen molar-refractivity contribution in [2.45, 2.75) is 50.7 Å². The molecule has 1 aliphatic carbocycles. The molecule has 6 heteroatoms. The summed E-state index contributed by atoms with van der Waals surface area (Å²) in [5.41, 5.74) is 0.271. The second-order valence-electron chi connectivity index (χ2n) is 7.69. The Labute approximate surface area is 159 Å². The van der Waals surface area contributed by atoms with Gasteiger partial charge in [-0.05, 0) is 56.7 Å². The Kier molecular flexibility index (Phi) is 5.64. The van der Waals surface area contributed by atoms with Crippen LogP contribution in [0.3, 0.4) is 0 Å². The number of hydrogen-bond donors (Lipinski definition) is 2. The van der Waals surface area contributed by atoms with Gasteiger partial charge in [0.1, 0.15) is 0 Å². The zero-order chi connectivity index (χ0) is 18.2. The number of carbonyl (C=O) groups excluding carboxylic acids is 1.